The zero-order valence-electron chi connectivity index (χ0n) is 22.5. The Kier molecular flexibility index (Phi) is 9.24. The number of ether oxygens (including phenoxy) is 4. The largest absolute Gasteiger partial charge is 0.493 e. The Hall–Kier alpha value is -4.74. The Morgan fingerprint density at radius 1 is 1.00 bits per heavy atom. The zero-order valence-corrected chi connectivity index (χ0v) is 22.5. The molecular formula is C25H26F3N7O7. The number of aromatic amines is 1. The molecule has 14 nitrogen and oxygen atoms in total. The van der Waals surface area contributed by atoms with Crippen molar-refractivity contribution in [3.8, 4) is 23.0 Å². The number of carbonyl (C=O) groups excluding carboxylic acids is 1. The molecule has 4 aromatic rings. The third kappa shape index (κ3) is 6.76. The van der Waals surface area contributed by atoms with E-state index in [1.807, 2.05) is 0 Å². The van der Waals surface area contributed by atoms with Gasteiger partial charge in [-0.05, 0) is 25.1 Å². The molecule has 0 fully saturated rings. The van der Waals surface area contributed by atoms with Crippen LogP contribution in [-0.2, 0) is 4.79 Å². The van der Waals surface area contributed by atoms with Gasteiger partial charge in [-0.1, -0.05) is 0 Å². The molecule has 0 aliphatic rings. The van der Waals surface area contributed by atoms with Gasteiger partial charge in [0.1, 0.15) is 12.0 Å². The van der Waals surface area contributed by atoms with E-state index < -0.39 is 28.8 Å². The first-order valence-corrected chi connectivity index (χ1v) is 12.3. The van der Waals surface area contributed by atoms with Crippen LogP contribution >= 0.6 is 0 Å². The summed E-state index contributed by atoms with van der Waals surface area (Å²) in [6.45, 7) is 1.92. The predicted molar refractivity (Wildman–Crippen MR) is 143 cm³/mol. The first-order valence-electron chi connectivity index (χ1n) is 12.3. The standard InChI is InChI=1S/C25H26F3N7O7/c1-12-13-10-17(39-2)18(40-3)11-15(13)33-23(31-12)35-24-32-14-4-5-16(41-9-7-30-29-6-8-36)20(19(14)21(37)34-24)42-22(38)25(26,27)28/h4-5,10-11,29-30,36H,6-9H2,1-3H3,(H2,31,32,33,34,35,37). The second kappa shape index (κ2) is 12.8. The molecule has 5 N–H and O–H groups in total. The fraction of sp³-hybridized carbons (Fsp3) is 0.320. The van der Waals surface area contributed by atoms with Gasteiger partial charge in [-0.25, -0.2) is 19.7 Å². The Labute approximate surface area is 235 Å². The number of nitrogens with zero attached hydrogens (tertiary/aromatic N) is 3. The number of aliphatic hydroxyl groups excluding tert-OH is 1. The van der Waals surface area contributed by atoms with E-state index in [4.69, 9.17) is 19.3 Å². The fourth-order valence-corrected chi connectivity index (χ4v) is 3.82. The average Bonchev–Trinajstić information content (AvgIpc) is 2.94. The van der Waals surface area contributed by atoms with E-state index in [0.29, 0.717) is 28.1 Å². The second-order valence-corrected chi connectivity index (χ2v) is 8.50. The summed E-state index contributed by atoms with van der Waals surface area (Å²) in [6, 6.07) is 5.90. The highest BCUT2D eigenvalue weighted by Gasteiger charge is 2.42. The van der Waals surface area contributed by atoms with Gasteiger partial charge < -0.3 is 24.1 Å². The molecule has 0 amide bonds. The molecule has 42 heavy (non-hydrogen) atoms. The Bertz CT molecular complexity index is 1660. The van der Waals surface area contributed by atoms with E-state index in [0.717, 1.165) is 0 Å². The number of H-pyrrole nitrogens is 1. The molecule has 17 heteroatoms. The molecule has 0 radical (unpaired) electrons. The van der Waals surface area contributed by atoms with Gasteiger partial charge in [-0.2, -0.15) is 13.2 Å². The monoisotopic (exact) mass is 593 g/mol. The van der Waals surface area contributed by atoms with Crippen LogP contribution < -0.4 is 40.7 Å². The number of aliphatic hydroxyl groups is 1. The molecule has 0 spiro atoms. The number of carbonyl (C=O) groups is 1. The van der Waals surface area contributed by atoms with Crippen molar-refractivity contribution in [2.45, 2.75) is 13.1 Å². The molecule has 0 aliphatic carbocycles. The number of aromatic nitrogens is 4. The minimum absolute atomic E-state index is 0.0562. The van der Waals surface area contributed by atoms with Crippen LogP contribution in [0.2, 0.25) is 0 Å². The molecule has 2 heterocycles. The lowest BCUT2D eigenvalue weighted by Gasteiger charge is -2.15. The maximum absolute atomic E-state index is 13.1. The molecule has 4 rings (SSSR count). The lowest BCUT2D eigenvalue weighted by atomic mass is 10.1. The Morgan fingerprint density at radius 2 is 1.71 bits per heavy atom. The number of halogens is 3. The van der Waals surface area contributed by atoms with Crippen molar-refractivity contribution < 1.29 is 42.0 Å². The molecular weight excluding hydrogens is 567 g/mol. The number of methoxy groups -OCH3 is 2. The lowest BCUT2D eigenvalue weighted by Crippen LogP contribution is -2.36. The lowest BCUT2D eigenvalue weighted by molar-refractivity contribution is -0.189. The van der Waals surface area contributed by atoms with Crippen molar-refractivity contribution in [3.63, 3.8) is 0 Å². The molecule has 0 bridgehead atoms. The number of rotatable bonds is 12. The molecule has 0 saturated carbocycles. The highest BCUT2D eigenvalue weighted by atomic mass is 19.4. The summed E-state index contributed by atoms with van der Waals surface area (Å²) in [7, 11) is 2.97. The maximum Gasteiger partial charge on any atom is 0.491 e. The van der Waals surface area contributed by atoms with Crippen LogP contribution in [0.1, 0.15) is 5.69 Å². The second-order valence-electron chi connectivity index (χ2n) is 8.50. The van der Waals surface area contributed by atoms with E-state index in [2.05, 4.69) is 40.8 Å². The third-order valence-corrected chi connectivity index (χ3v) is 5.69. The Morgan fingerprint density at radius 3 is 2.40 bits per heavy atom. The van der Waals surface area contributed by atoms with Crippen LogP contribution in [0.3, 0.4) is 0 Å². The summed E-state index contributed by atoms with van der Waals surface area (Å²) in [4.78, 5) is 40.2. The van der Waals surface area contributed by atoms with Gasteiger partial charge in [0.25, 0.3) is 5.56 Å². The van der Waals surface area contributed by atoms with Crippen molar-refractivity contribution in [1.29, 1.82) is 0 Å². The topological polar surface area (TPSA) is 182 Å². The summed E-state index contributed by atoms with van der Waals surface area (Å²) in [5.41, 5.74) is 5.41. The van der Waals surface area contributed by atoms with Gasteiger partial charge in [-0.15, -0.1) is 0 Å². The van der Waals surface area contributed by atoms with Crippen molar-refractivity contribution in [2.75, 3.05) is 45.8 Å². The number of hydrogen-bond acceptors (Lipinski definition) is 13. The Balaban J connectivity index is 1.69. The first-order chi connectivity index (χ1) is 20.0. The van der Waals surface area contributed by atoms with Crippen molar-refractivity contribution in [3.05, 3.63) is 40.3 Å². The van der Waals surface area contributed by atoms with Crippen LogP contribution in [-0.4, -0.2) is 77.7 Å². The SMILES string of the molecule is COc1cc2nc(Nc3nc4ccc(OCCNNCCO)c(OC(=O)C(F)(F)F)c4c(=O)[nH]3)nc(C)c2cc1OC. The average molecular weight is 594 g/mol. The van der Waals surface area contributed by atoms with Gasteiger partial charge in [-0.3, -0.25) is 25.9 Å². The number of hydrogen-bond donors (Lipinski definition) is 5. The van der Waals surface area contributed by atoms with Crippen molar-refractivity contribution >= 4 is 39.7 Å². The number of hydrazine groups is 1. The maximum atomic E-state index is 13.1. The molecule has 0 aliphatic heterocycles. The highest BCUT2D eigenvalue weighted by molar-refractivity contribution is 5.91. The third-order valence-electron chi connectivity index (χ3n) is 5.69. The van der Waals surface area contributed by atoms with Gasteiger partial charge in [0, 0.05) is 24.5 Å². The molecule has 0 atom stereocenters. The number of fused-ring (bicyclic) bond motifs is 2. The smallest absolute Gasteiger partial charge is 0.491 e. The van der Waals surface area contributed by atoms with Crippen LogP contribution in [0, 0.1) is 6.92 Å². The molecule has 2 aromatic carbocycles. The summed E-state index contributed by atoms with van der Waals surface area (Å²) in [5.74, 6) is -2.75. The van der Waals surface area contributed by atoms with Crippen molar-refractivity contribution in [2.24, 2.45) is 0 Å². The van der Waals surface area contributed by atoms with E-state index in [-0.39, 0.29) is 49.5 Å². The van der Waals surface area contributed by atoms with Gasteiger partial charge in [0.15, 0.2) is 23.0 Å². The number of benzene rings is 2. The molecule has 0 unspecified atom stereocenters. The summed E-state index contributed by atoms with van der Waals surface area (Å²) in [6.07, 6.45) is -5.34. The minimum atomic E-state index is -5.34. The number of anilines is 2. The minimum Gasteiger partial charge on any atom is -0.493 e. The van der Waals surface area contributed by atoms with Crippen molar-refractivity contribution in [1.82, 2.24) is 30.8 Å². The quantitative estimate of drug-likeness (QED) is 0.0696. The van der Waals surface area contributed by atoms with E-state index >= 15 is 0 Å². The normalized spacial score (nSPS) is 11.5. The van der Waals surface area contributed by atoms with Crippen LogP contribution in [0.4, 0.5) is 25.1 Å². The van der Waals surface area contributed by atoms with E-state index in [1.54, 1.807) is 19.1 Å². The summed E-state index contributed by atoms with van der Waals surface area (Å²) in [5, 5.41) is 11.8. The fourth-order valence-electron chi connectivity index (χ4n) is 3.82. The van der Waals surface area contributed by atoms with Gasteiger partial charge in [0.05, 0.1) is 37.6 Å². The first kappa shape index (κ1) is 30.2. The summed E-state index contributed by atoms with van der Waals surface area (Å²) >= 11 is 0. The molecule has 224 valence electrons. The predicted octanol–water partition coefficient (Wildman–Crippen LogP) is 1.87. The van der Waals surface area contributed by atoms with Crippen LogP contribution in [0.15, 0.2) is 29.1 Å². The van der Waals surface area contributed by atoms with Gasteiger partial charge >= 0.3 is 12.1 Å². The zero-order chi connectivity index (χ0) is 30.4. The number of esters is 1. The van der Waals surface area contributed by atoms with Gasteiger partial charge in [0.2, 0.25) is 11.9 Å². The number of nitrogens with one attached hydrogen (secondary N) is 4. The number of aryl methyl sites for hydroxylation is 1. The molecule has 2 aromatic heterocycles. The summed E-state index contributed by atoms with van der Waals surface area (Å²) < 4.78 is 59.8. The highest BCUT2D eigenvalue weighted by Crippen LogP contribution is 2.36. The van der Waals surface area contributed by atoms with E-state index in [9.17, 15) is 22.8 Å². The van der Waals surface area contributed by atoms with E-state index in [1.165, 1.54) is 26.4 Å². The van der Waals surface area contributed by atoms with Crippen LogP contribution in [0.5, 0.6) is 23.0 Å². The van der Waals surface area contributed by atoms with Crippen LogP contribution in [0.25, 0.3) is 21.8 Å². The molecule has 0 saturated heterocycles. The number of alkyl halides is 3.